The number of unbranched alkanes of at least 4 members (excludes halogenated alkanes) is 15. The van der Waals surface area contributed by atoms with E-state index in [0.29, 0.717) is 12.2 Å². The van der Waals surface area contributed by atoms with Gasteiger partial charge in [0.2, 0.25) is 0 Å². The minimum atomic E-state index is 0.0182. The summed E-state index contributed by atoms with van der Waals surface area (Å²) >= 11 is 0. The van der Waals surface area contributed by atoms with E-state index in [9.17, 15) is 4.79 Å². The minimum absolute atomic E-state index is 0.0182. The Morgan fingerprint density at radius 2 is 1.09 bits per heavy atom. The van der Waals surface area contributed by atoms with E-state index in [4.69, 9.17) is 9.47 Å². The molecule has 3 heteroatoms. The molecule has 0 aliphatic heterocycles. The van der Waals surface area contributed by atoms with Crippen LogP contribution in [0.15, 0.2) is 91.5 Å². The third-order valence-corrected chi connectivity index (χ3v) is 8.53. The lowest BCUT2D eigenvalue weighted by Gasteiger charge is -2.07. The molecule has 248 valence electrons. The van der Waals surface area contributed by atoms with Crippen molar-refractivity contribution in [1.29, 1.82) is 0 Å². The highest BCUT2D eigenvalue weighted by molar-refractivity contribution is 6.06. The number of carbonyl (C=O) groups excluding carboxylic acids is 1. The summed E-state index contributed by atoms with van der Waals surface area (Å²) in [5, 5.41) is 0. The molecule has 0 atom stereocenters. The zero-order valence-corrected chi connectivity index (χ0v) is 28.5. The molecule has 3 nitrogen and oxygen atoms in total. The lowest BCUT2D eigenvalue weighted by atomic mass is 10.0. The number of rotatable bonds is 26. The Labute approximate surface area is 280 Å². The molecule has 0 amide bonds. The second-order valence-corrected chi connectivity index (χ2v) is 12.7. The molecule has 3 rings (SSSR count). The highest BCUT2D eigenvalue weighted by Crippen LogP contribution is 2.17. The number of allylic oxidation sites excluding steroid dienone is 2. The molecular weight excluding hydrogens is 564 g/mol. The van der Waals surface area contributed by atoms with Gasteiger partial charge in [-0.2, -0.15) is 0 Å². The van der Waals surface area contributed by atoms with Gasteiger partial charge in [-0.05, 0) is 54.7 Å². The number of benzene rings is 3. The summed E-state index contributed by atoms with van der Waals surface area (Å²) in [7, 11) is 0. The van der Waals surface area contributed by atoms with E-state index >= 15 is 0 Å². The summed E-state index contributed by atoms with van der Waals surface area (Å²) in [5.41, 5.74) is 5.26. The molecule has 0 fully saturated rings. The van der Waals surface area contributed by atoms with Crippen molar-refractivity contribution in [2.24, 2.45) is 0 Å². The Morgan fingerprint density at radius 3 is 1.61 bits per heavy atom. The van der Waals surface area contributed by atoms with Gasteiger partial charge in [0.05, 0.1) is 13.2 Å². The summed E-state index contributed by atoms with van der Waals surface area (Å²) in [5.74, 6) is 0.912. The van der Waals surface area contributed by atoms with Crippen LogP contribution < -0.4 is 4.74 Å². The van der Waals surface area contributed by atoms with Gasteiger partial charge in [0.1, 0.15) is 5.75 Å². The van der Waals surface area contributed by atoms with Crippen molar-refractivity contribution in [3.05, 3.63) is 114 Å². The average Bonchev–Trinajstić information content (AvgIpc) is 3.09. The van der Waals surface area contributed by atoms with E-state index in [1.165, 1.54) is 107 Å². The maximum Gasteiger partial charge on any atom is 0.185 e. The highest BCUT2D eigenvalue weighted by atomic mass is 16.5. The largest absolute Gasteiger partial charge is 0.494 e. The smallest absolute Gasteiger partial charge is 0.185 e. The van der Waals surface area contributed by atoms with Crippen LogP contribution in [0.3, 0.4) is 0 Å². The topological polar surface area (TPSA) is 35.5 Å². The molecule has 0 N–H and O–H groups in total. The number of ether oxygens (including phenoxy) is 2. The van der Waals surface area contributed by atoms with Crippen molar-refractivity contribution >= 4 is 17.4 Å². The van der Waals surface area contributed by atoms with Crippen molar-refractivity contribution in [2.75, 3.05) is 13.2 Å². The number of hydrogen-bond donors (Lipinski definition) is 0. The van der Waals surface area contributed by atoms with Crippen LogP contribution in [-0.2, 0) is 11.3 Å². The zero-order valence-electron chi connectivity index (χ0n) is 28.5. The third kappa shape index (κ3) is 16.8. The van der Waals surface area contributed by atoms with E-state index in [-0.39, 0.29) is 5.78 Å². The number of hydrogen-bond acceptors (Lipinski definition) is 3. The molecule has 3 aromatic rings. The van der Waals surface area contributed by atoms with E-state index in [0.717, 1.165) is 36.5 Å². The molecule has 0 heterocycles. The second kappa shape index (κ2) is 23.8. The Morgan fingerprint density at radius 1 is 0.587 bits per heavy atom. The number of ketones is 1. The van der Waals surface area contributed by atoms with Gasteiger partial charge in [0.15, 0.2) is 5.78 Å². The predicted octanol–water partition coefficient (Wildman–Crippen LogP) is 12.5. The Hall–Kier alpha value is -3.43. The van der Waals surface area contributed by atoms with Crippen molar-refractivity contribution < 1.29 is 14.3 Å². The van der Waals surface area contributed by atoms with Gasteiger partial charge >= 0.3 is 0 Å². The van der Waals surface area contributed by atoms with Gasteiger partial charge in [0.25, 0.3) is 0 Å². The van der Waals surface area contributed by atoms with E-state index in [2.05, 4.69) is 30.8 Å². The molecule has 3 aromatic carbocycles. The maximum absolute atomic E-state index is 12.2. The molecule has 0 bridgehead atoms. The lowest BCUT2D eigenvalue weighted by molar-refractivity contribution is 0.104. The quantitative estimate of drug-likeness (QED) is 0.0507. The van der Waals surface area contributed by atoms with Gasteiger partial charge in [-0.25, -0.2) is 0 Å². The first-order chi connectivity index (χ1) is 22.6. The van der Waals surface area contributed by atoms with Crippen LogP contribution in [0.5, 0.6) is 5.75 Å². The number of carbonyl (C=O) groups is 1. The van der Waals surface area contributed by atoms with Crippen molar-refractivity contribution in [3.8, 4) is 5.75 Å². The fourth-order valence-corrected chi connectivity index (χ4v) is 5.59. The summed E-state index contributed by atoms with van der Waals surface area (Å²) in [6.07, 6.45) is 24.8. The normalized spacial score (nSPS) is 11.2. The SMILES string of the molecule is C=C(C)c1ccc(COCCCCCCCCCCCCCCCCCCOc2ccc(/C=C/C(=O)c3ccccc3)cc2)cc1. The average molecular weight is 623 g/mol. The van der Waals surface area contributed by atoms with Crippen LogP contribution in [0, 0.1) is 0 Å². The Balaban J connectivity index is 1.02. The lowest BCUT2D eigenvalue weighted by Crippen LogP contribution is -1.97. The van der Waals surface area contributed by atoms with E-state index in [1.807, 2.05) is 67.6 Å². The summed E-state index contributed by atoms with van der Waals surface area (Å²) in [6, 6.07) is 25.9. The molecule has 0 aliphatic rings. The van der Waals surface area contributed by atoms with Gasteiger partial charge in [-0.1, -0.05) is 175 Å². The van der Waals surface area contributed by atoms with Crippen LogP contribution in [0.4, 0.5) is 0 Å². The standard InChI is InChI=1S/C43H58O3/c1-37(2)40-29-24-39(25-30-40)36-45-34-20-15-13-11-9-7-5-3-4-6-8-10-12-14-16-21-35-46-42-31-26-38(27-32-42)28-33-43(44)41-22-18-17-19-23-41/h17-19,22-33H,1,3-16,20-21,34-36H2,2H3/b33-28+. The monoisotopic (exact) mass is 622 g/mol. The third-order valence-electron chi connectivity index (χ3n) is 8.53. The first kappa shape index (κ1) is 37.0. The predicted molar refractivity (Wildman–Crippen MR) is 196 cm³/mol. The molecule has 46 heavy (non-hydrogen) atoms. The zero-order chi connectivity index (χ0) is 32.5. The molecule has 0 spiro atoms. The van der Waals surface area contributed by atoms with Crippen molar-refractivity contribution in [1.82, 2.24) is 0 Å². The molecule has 0 saturated carbocycles. The van der Waals surface area contributed by atoms with E-state index < -0.39 is 0 Å². The van der Waals surface area contributed by atoms with Crippen LogP contribution in [0.2, 0.25) is 0 Å². The molecular formula is C43H58O3. The van der Waals surface area contributed by atoms with Gasteiger partial charge < -0.3 is 9.47 Å². The van der Waals surface area contributed by atoms with Gasteiger partial charge in [0, 0.05) is 12.2 Å². The molecule has 0 unspecified atom stereocenters. The van der Waals surface area contributed by atoms with Gasteiger partial charge in [-0.3, -0.25) is 4.79 Å². The van der Waals surface area contributed by atoms with Crippen LogP contribution in [0.25, 0.3) is 11.6 Å². The first-order valence-corrected chi connectivity index (χ1v) is 17.9. The van der Waals surface area contributed by atoms with Gasteiger partial charge in [-0.15, -0.1) is 0 Å². The fraction of sp³-hybridized carbons (Fsp3) is 0.465. The molecule has 0 radical (unpaired) electrons. The summed E-state index contributed by atoms with van der Waals surface area (Å²) < 4.78 is 11.8. The van der Waals surface area contributed by atoms with Crippen LogP contribution in [0.1, 0.15) is 137 Å². The Kier molecular flexibility index (Phi) is 19.2. The Bertz CT molecular complexity index is 1240. The first-order valence-electron chi connectivity index (χ1n) is 17.9. The minimum Gasteiger partial charge on any atom is -0.494 e. The molecule has 0 saturated heterocycles. The summed E-state index contributed by atoms with van der Waals surface area (Å²) in [4.78, 5) is 12.2. The highest BCUT2D eigenvalue weighted by Gasteiger charge is 2.01. The maximum atomic E-state index is 12.2. The molecule has 0 aliphatic carbocycles. The fourth-order valence-electron chi connectivity index (χ4n) is 5.59. The second-order valence-electron chi connectivity index (χ2n) is 12.7. The van der Waals surface area contributed by atoms with Crippen molar-refractivity contribution in [3.63, 3.8) is 0 Å². The molecule has 0 aromatic heterocycles. The van der Waals surface area contributed by atoms with Crippen LogP contribution in [-0.4, -0.2) is 19.0 Å². The van der Waals surface area contributed by atoms with E-state index in [1.54, 1.807) is 6.08 Å². The van der Waals surface area contributed by atoms with Crippen LogP contribution >= 0.6 is 0 Å². The summed E-state index contributed by atoms with van der Waals surface area (Å²) in [6.45, 7) is 8.38. The van der Waals surface area contributed by atoms with Crippen molar-refractivity contribution in [2.45, 2.75) is 116 Å².